The highest BCUT2D eigenvalue weighted by Crippen LogP contribution is 2.26. The quantitative estimate of drug-likeness (QED) is 0.539. The molecule has 1 aliphatic heterocycles. The smallest absolute Gasteiger partial charge is 0.254 e. The van der Waals surface area contributed by atoms with Gasteiger partial charge in [-0.05, 0) is 42.5 Å². The van der Waals surface area contributed by atoms with E-state index in [2.05, 4.69) is 14.9 Å². The molecule has 1 aromatic carbocycles. The monoisotopic (exact) mass is 389 g/mol. The summed E-state index contributed by atoms with van der Waals surface area (Å²) in [6.45, 7) is 2.99. The summed E-state index contributed by atoms with van der Waals surface area (Å²) < 4.78 is 3.02. The molecule has 4 heterocycles. The van der Waals surface area contributed by atoms with Crippen molar-refractivity contribution in [3.05, 3.63) is 72.7 Å². The van der Waals surface area contributed by atoms with Crippen molar-refractivity contribution >= 4 is 33.3 Å². The number of anilines is 1. The zero-order valence-electron chi connectivity index (χ0n) is 15.2. The van der Waals surface area contributed by atoms with Gasteiger partial charge in [-0.3, -0.25) is 4.79 Å². The second-order valence-corrected chi connectivity index (χ2v) is 7.75. The van der Waals surface area contributed by atoms with E-state index in [1.54, 1.807) is 17.5 Å². The first-order valence-electron chi connectivity index (χ1n) is 9.27. The number of hydrogen-bond acceptors (Lipinski definition) is 5. The van der Waals surface area contributed by atoms with Crippen molar-refractivity contribution in [2.24, 2.45) is 0 Å². The number of nitrogens with zero attached hydrogens (tertiary/aromatic N) is 5. The van der Waals surface area contributed by atoms with E-state index in [-0.39, 0.29) is 5.91 Å². The van der Waals surface area contributed by atoms with Crippen LogP contribution in [0.3, 0.4) is 0 Å². The van der Waals surface area contributed by atoms with Crippen LogP contribution in [0.25, 0.3) is 15.3 Å². The van der Waals surface area contributed by atoms with Gasteiger partial charge in [0.1, 0.15) is 5.82 Å². The molecule has 1 amide bonds. The minimum absolute atomic E-state index is 0.0819. The number of aromatic nitrogens is 3. The van der Waals surface area contributed by atoms with Crippen LogP contribution < -0.4 is 4.90 Å². The maximum Gasteiger partial charge on any atom is 0.254 e. The molecule has 5 rings (SSSR count). The van der Waals surface area contributed by atoms with E-state index in [4.69, 9.17) is 0 Å². The van der Waals surface area contributed by atoms with Gasteiger partial charge in [0.05, 0.1) is 10.2 Å². The summed E-state index contributed by atoms with van der Waals surface area (Å²) >= 11 is 1.60. The predicted molar refractivity (Wildman–Crippen MR) is 111 cm³/mol. The van der Waals surface area contributed by atoms with Crippen LogP contribution >= 0.6 is 11.3 Å². The summed E-state index contributed by atoms with van der Waals surface area (Å²) in [5, 5.41) is 0.911. The average molecular weight is 389 g/mol. The van der Waals surface area contributed by atoms with Crippen LogP contribution in [0, 0.1) is 0 Å². The lowest BCUT2D eigenvalue weighted by Crippen LogP contribution is -2.49. The zero-order chi connectivity index (χ0) is 18.9. The fourth-order valence-electron chi connectivity index (χ4n) is 3.48. The number of fused-ring (bicyclic) bond motifs is 1. The van der Waals surface area contributed by atoms with Gasteiger partial charge in [-0.15, -0.1) is 0 Å². The molecule has 0 N–H and O–H groups in total. The first-order valence-corrected chi connectivity index (χ1v) is 10.1. The number of thiazole rings is 1. The van der Waals surface area contributed by atoms with E-state index >= 15 is 0 Å². The highest BCUT2D eigenvalue weighted by atomic mass is 32.1. The van der Waals surface area contributed by atoms with Gasteiger partial charge in [0.25, 0.3) is 5.91 Å². The van der Waals surface area contributed by atoms with Gasteiger partial charge in [0.15, 0.2) is 5.13 Å². The molecule has 140 valence electrons. The maximum atomic E-state index is 13.0. The highest BCUT2D eigenvalue weighted by molar-refractivity contribution is 7.20. The Morgan fingerprint density at radius 1 is 0.964 bits per heavy atom. The molecule has 3 aromatic heterocycles. The summed E-state index contributed by atoms with van der Waals surface area (Å²) in [6.07, 6.45) is 5.76. The number of pyridine rings is 1. The van der Waals surface area contributed by atoms with Crippen LogP contribution in [0.5, 0.6) is 0 Å². The molecule has 1 aliphatic rings. The van der Waals surface area contributed by atoms with Gasteiger partial charge in [-0.1, -0.05) is 17.4 Å². The van der Waals surface area contributed by atoms with E-state index in [1.807, 2.05) is 70.4 Å². The summed E-state index contributed by atoms with van der Waals surface area (Å²) in [5.74, 6) is 1.05. The van der Waals surface area contributed by atoms with Gasteiger partial charge < -0.3 is 14.4 Å². The molecule has 0 saturated carbocycles. The van der Waals surface area contributed by atoms with Gasteiger partial charge in [0.2, 0.25) is 0 Å². The molecular formula is C21H19N5OS. The third kappa shape index (κ3) is 3.14. The average Bonchev–Trinajstić information content (AvgIpc) is 3.43. The first-order chi connectivity index (χ1) is 13.8. The number of piperazine rings is 1. The van der Waals surface area contributed by atoms with Crippen LogP contribution in [0.1, 0.15) is 10.4 Å². The number of carbonyl (C=O) groups is 1. The van der Waals surface area contributed by atoms with Crippen molar-refractivity contribution in [3.8, 4) is 5.13 Å². The minimum atomic E-state index is 0.0819. The van der Waals surface area contributed by atoms with Crippen LogP contribution in [0.4, 0.5) is 5.82 Å². The molecular weight excluding hydrogens is 370 g/mol. The Labute approximate surface area is 166 Å². The van der Waals surface area contributed by atoms with Crippen molar-refractivity contribution in [3.63, 3.8) is 0 Å². The molecule has 7 heteroatoms. The number of rotatable bonds is 3. The van der Waals surface area contributed by atoms with Crippen molar-refractivity contribution in [2.75, 3.05) is 31.1 Å². The maximum absolute atomic E-state index is 13.0. The summed E-state index contributed by atoms with van der Waals surface area (Å²) in [6, 6.07) is 15.7. The molecule has 0 bridgehead atoms. The number of benzene rings is 1. The van der Waals surface area contributed by atoms with Crippen LogP contribution in [-0.2, 0) is 0 Å². The molecule has 1 saturated heterocycles. The van der Waals surface area contributed by atoms with E-state index in [0.717, 1.165) is 39.8 Å². The van der Waals surface area contributed by atoms with E-state index in [1.165, 1.54) is 0 Å². The normalized spacial score (nSPS) is 14.6. The van der Waals surface area contributed by atoms with Gasteiger partial charge >= 0.3 is 0 Å². The third-order valence-electron chi connectivity index (χ3n) is 4.99. The summed E-state index contributed by atoms with van der Waals surface area (Å²) in [7, 11) is 0. The molecule has 4 aromatic rings. The second-order valence-electron chi connectivity index (χ2n) is 6.74. The molecule has 0 atom stereocenters. The fraction of sp³-hybridized carbons (Fsp3) is 0.190. The number of carbonyl (C=O) groups excluding carboxylic acids is 1. The molecule has 0 aliphatic carbocycles. The van der Waals surface area contributed by atoms with Gasteiger partial charge in [-0.2, -0.15) is 0 Å². The fourth-order valence-corrected chi connectivity index (χ4v) is 4.45. The number of amides is 1. The topological polar surface area (TPSA) is 54.3 Å². The molecule has 1 fully saturated rings. The Balaban J connectivity index is 1.32. The van der Waals surface area contributed by atoms with Gasteiger partial charge in [0, 0.05) is 50.3 Å². The lowest BCUT2D eigenvalue weighted by atomic mass is 10.1. The molecule has 0 spiro atoms. The van der Waals surface area contributed by atoms with E-state index in [0.29, 0.717) is 13.1 Å². The summed E-state index contributed by atoms with van der Waals surface area (Å²) in [5.41, 5.74) is 1.65. The highest BCUT2D eigenvalue weighted by Gasteiger charge is 2.23. The van der Waals surface area contributed by atoms with Crippen LogP contribution in [0.2, 0.25) is 0 Å². The molecule has 0 unspecified atom stereocenters. The first kappa shape index (κ1) is 16.9. The SMILES string of the molecule is O=C(c1ccc2nc(-n3cccc3)sc2c1)N1CCN(c2ccccn2)CC1. The molecule has 0 radical (unpaired) electrons. The van der Waals surface area contributed by atoms with Crippen molar-refractivity contribution in [1.29, 1.82) is 0 Å². The van der Waals surface area contributed by atoms with Crippen LogP contribution in [-0.4, -0.2) is 51.5 Å². The Bertz CT molecular complexity index is 1100. The van der Waals surface area contributed by atoms with Crippen molar-refractivity contribution in [1.82, 2.24) is 19.4 Å². The summed E-state index contributed by atoms with van der Waals surface area (Å²) in [4.78, 5) is 26.2. The predicted octanol–water partition coefficient (Wildman–Crippen LogP) is 3.44. The third-order valence-corrected chi connectivity index (χ3v) is 6.02. The Hall–Kier alpha value is -3.19. The van der Waals surface area contributed by atoms with Crippen molar-refractivity contribution in [2.45, 2.75) is 0 Å². The minimum Gasteiger partial charge on any atom is -0.353 e. The lowest BCUT2D eigenvalue weighted by molar-refractivity contribution is 0.0746. The lowest BCUT2D eigenvalue weighted by Gasteiger charge is -2.35. The van der Waals surface area contributed by atoms with Crippen molar-refractivity contribution < 1.29 is 4.79 Å². The Morgan fingerprint density at radius 3 is 2.54 bits per heavy atom. The van der Waals surface area contributed by atoms with E-state index < -0.39 is 0 Å². The molecule has 6 nitrogen and oxygen atoms in total. The van der Waals surface area contributed by atoms with E-state index in [9.17, 15) is 4.79 Å². The molecule has 28 heavy (non-hydrogen) atoms. The second kappa shape index (κ2) is 7.09. The van der Waals surface area contributed by atoms with Crippen LogP contribution in [0.15, 0.2) is 67.1 Å². The number of hydrogen-bond donors (Lipinski definition) is 0. The largest absolute Gasteiger partial charge is 0.353 e. The Morgan fingerprint density at radius 2 is 1.79 bits per heavy atom. The van der Waals surface area contributed by atoms with Gasteiger partial charge in [-0.25, -0.2) is 9.97 Å². The standard InChI is InChI=1S/C21H19N5OS/c27-20(25-13-11-24(12-14-25)19-5-1-2-8-22-19)16-6-7-17-18(15-16)28-21(23-17)26-9-3-4-10-26/h1-10,15H,11-14H2. The zero-order valence-corrected chi connectivity index (χ0v) is 16.0. The Kier molecular flexibility index (Phi) is 4.29.